The van der Waals surface area contributed by atoms with E-state index in [-0.39, 0.29) is 11.6 Å². The number of nitrogen functional groups attached to an aromatic ring is 1. The van der Waals surface area contributed by atoms with Gasteiger partial charge in [0.1, 0.15) is 5.82 Å². The summed E-state index contributed by atoms with van der Waals surface area (Å²) >= 11 is 0. The van der Waals surface area contributed by atoms with Crippen LogP contribution in [0.5, 0.6) is 0 Å². The number of hydrogen-bond donors (Lipinski definition) is 1. The van der Waals surface area contributed by atoms with Crippen molar-refractivity contribution in [1.29, 1.82) is 0 Å². The Morgan fingerprint density at radius 3 is 3.05 bits per heavy atom. The highest BCUT2D eigenvalue weighted by Crippen LogP contribution is 2.37. The minimum Gasteiger partial charge on any atom is -0.383 e. The lowest BCUT2D eigenvalue weighted by molar-refractivity contribution is 0.0765. The molecule has 3 rings (SSSR count). The van der Waals surface area contributed by atoms with Gasteiger partial charge in [-0.05, 0) is 32.4 Å². The second-order valence-electron chi connectivity index (χ2n) is 5.21. The Labute approximate surface area is 112 Å². The third-order valence-electron chi connectivity index (χ3n) is 4.16. The highest BCUT2D eigenvalue weighted by molar-refractivity contribution is 5.70. The van der Waals surface area contributed by atoms with Gasteiger partial charge in [-0.15, -0.1) is 0 Å². The molecule has 100 valence electrons. The largest absolute Gasteiger partial charge is 0.383 e. The summed E-state index contributed by atoms with van der Waals surface area (Å²) in [6, 6.07) is 3.86. The van der Waals surface area contributed by atoms with Crippen molar-refractivity contribution in [2.75, 3.05) is 12.3 Å². The fraction of sp³-hybridized carbons (Fsp3) is 0.429. The van der Waals surface area contributed by atoms with Crippen LogP contribution in [0.1, 0.15) is 20.3 Å². The molecule has 2 aromatic heterocycles. The monoisotopic (exact) mass is 258 g/mol. The molecular formula is C14H18N4O. The first-order chi connectivity index (χ1) is 9.13. The normalized spacial score (nSPS) is 26.7. The fourth-order valence-electron chi connectivity index (χ4n) is 2.68. The Morgan fingerprint density at radius 1 is 1.53 bits per heavy atom. The zero-order valence-electron chi connectivity index (χ0n) is 11.2. The molecule has 5 heteroatoms. The summed E-state index contributed by atoms with van der Waals surface area (Å²) in [6.45, 7) is 5.07. The Kier molecular flexibility index (Phi) is 2.78. The molecule has 0 amide bonds. The van der Waals surface area contributed by atoms with E-state index >= 15 is 0 Å². The first-order valence-electron chi connectivity index (χ1n) is 6.48. The third-order valence-corrected chi connectivity index (χ3v) is 4.16. The molecule has 0 aromatic carbocycles. The van der Waals surface area contributed by atoms with Crippen LogP contribution in [0.15, 0.2) is 30.9 Å². The van der Waals surface area contributed by atoms with Crippen LogP contribution in [-0.2, 0) is 10.3 Å². The van der Waals surface area contributed by atoms with E-state index in [2.05, 4.69) is 28.4 Å². The predicted octanol–water partition coefficient (Wildman–Crippen LogP) is 2.05. The SMILES string of the molecule is CC1OCCC1(C)n1cncc1-c1cccnc1N. The molecule has 1 aliphatic heterocycles. The van der Waals surface area contributed by atoms with E-state index in [0.717, 1.165) is 24.3 Å². The van der Waals surface area contributed by atoms with E-state index in [4.69, 9.17) is 10.5 Å². The molecule has 19 heavy (non-hydrogen) atoms. The van der Waals surface area contributed by atoms with Gasteiger partial charge in [0.25, 0.3) is 0 Å². The van der Waals surface area contributed by atoms with E-state index < -0.39 is 0 Å². The molecule has 2 aromatic rings. The number of anilines is 1. The lowest BCUT2D eigenvalue weighted by atomic mass is 9.93. The van der Waals surface area contributed by atoms with Crippen molar-refractivity contribution in [2.24, 2.45) is 0 Å². The molecule has 0 spiro atoms. The van der Waals surface area contributed by atoms with Crippen LogP contribution in [0.2, 0.25) is 0 Å². The van der Waals surface area contributed by atoms with Crippen molar-refractivity contribution in [3.05, 3.63) is 30.9 Å². The zero-order valence-corrected chi connectivity index (χ0v) is 11.2. The van der Waals surface area contributed by atoms with Crippen molar-refractivity contribution < 1.29 is 4.74 Å². The van der Waals surface area contributed by atoms with Gasteiger partial charge in [0, 0.05) is 18.4 Å². The second kappa shape index (κ2) is 4.35. The summed E-state index contributed by atoms with van der Waals surface area (Å²) in [5, 5.41) is 0. The lowest BCUT2D eigenvalue weighted by Crippen LogP contribution is -2.36. The summed E-state index contributed by atoms with van der Waals surface area (Å²) in [5.74, 6) is 0.527. The van der Waals surface area contributed by atoms with E-state index in [0.29, 0.717) is 5.82 Å². The molecule has 5 nitrogen and oxygen atoms in total. The Bertz CT molecular complexity index is 595. The summed E-state index contributed by atoms with van der Waals surface area (Å²) in [6.07, 6.45) is 6.51. The smallest absolute Gasteiger partial charge is 0.132 e. The summed E-state index contributed by atoms with van der Waals surface area (Å²) in [4.78, 5) is 8.44. The van der Waals surface area contributed by atoms with Gasteiger partial charge in [-0.2, -0.15) is 0 Å². The second-order valence-corrected chi connectivity index (χ2v) is 5.21. The predicted molar refractivity (Wildman–Crippen MR) is 73.5 cm³/mol. The van der Waals surface area contributed by atoms with E-state index in [1.54, 1.807) is 6.20 Å². The van der Waals surface area contributed by atoms with Gasteiger partial charge in [0.15, 0.2) is 0 Å². The third kappa shape index (κ3) is 1.81. The van der Waals surface area contributed by atoms with Gasteiger partial charge in [-0.1, -0.05) is 0 Å². The molecule has 3 heterocycles. The number of aromatic nitrogens is 3. The van der Waals surface area contributed by atoms with Crippen molar-refractivity contribution in [1.82, 2.24) is 14.5 Å². The summed E-state index contributed by atoms with van der Waals surface area (Å²) < 4.78 is 7.88. The van der Waals surface area contributed by atoms with Crippen LogP contribution in [0.4, 0.5) is 5.82 Å². The maximum Gasteiger partial charge on any atom is 0.132 e. The van der Waals surface area contributed by atoms with Gasteiger partial charge in [0.05, 0.1) is 29.9 Å². The van der Waals surface area contributed by atoms with Gasteiger partial charge in [0.2, 0.25) is 0 Å². The van der Waals surface area contributed by atoms with Crippen LogP contribution >= 0.6 is 0 Å². The average molecular weight is 258 g/mol. The Hall–Kier alpha value is -1.88. The molecule has 1 fully saturated rings. The van der Waals surface area contributed by atoms with Crippen LogP contribution in [0, 0.1) is 0 Å². The van der Waals surface area contributed by atoms with Crippen LogP contribution in [0.3, 0.4) is 0 Å². The summed E-state index contributed by atoms with van der Waals surface area (Å²) in [7, 11) is 0. The average Bonchev–Trinajstić information content (AvgIpc) is 2.99. The molecule has 0 saturated carbocycles. The number of pyridine rings is 1. The number of ether oxygens (including phenoxy) is 1. The van der Waals surface area contributed by atoms with Crippen molar-refractivity contribution >= 4 is 5.82 Å². The Morgan fingerprint density at radius 2 is 2.37 bits per heavy atom. The highest BCUT2D eigenvalue weighted by Gasteiger charge is 2.40. The maximum atomic E-state index is 5.97. The minimum atomic E-state index is -0.0892. The number of nitrogens with zero attached hydrogens (tertiary/aromatic N) is 3. The topological polar surface area (TPSA) is 66.0 Å². The Balaban J connectivity index is 2.11. The lowest BCUT2D eigenvalue weighted by Gasteiger charge is -2.31. The molecule has 1 aliphatic rings. The first-order valence-corrected chi connectivity index (χ1v) is 6.48. The standard InChI is InChI=1S/C14H18N4O/c1-10-14(2,5-7-19-10)18-9-16-8-12(18)11-4-3-6-17-13(11)15/h3-4,6,8-10H,5,7H2,1-2H3,(H2,15,17). The van der Waals surface area contributed by atoms with E-state index in [1.165, 1.54) is 0 Å². The van der Waals surface area contributed by atoms with E-state index in [1.807, 2.05) is 24.7 Å². The van der Waals surface area contributed by atoms with Crippen LogP contribution in [0.25, 0.3) is 11.3 Å². The van der Waals surface area contributed by atoms with Gasteiger partial charge >= 0.3 is 0 Å². The molecule has 1 saturated heterocycles. The summed E-state index contributed by atoms with van der Waals surface area (Å²) in [5.41, 5.74) is 7.79. The highest BCUT2D eigenvalue weighted by atomic mass is 16.5. The molecule has 0 aliphatic carbocycles. The van der Waals surface area contributed by atoms with Crippen molar-refractivity contribution in [3.8, 4) is 11.3 Å². The number of rotatable bonds is 2. The van der Waals surface area contributed by atoms with Crippen molar-refractivity contribution in [3.63, 3.8) is 0 Å². The minimum absolute atomic E-state index is 0.0892. The first kappa shape index (κ1) is 12.2. The van der Waals surface area contributed by atoms with Crippen LogP contribution in [-0.4, -0.2) is 27.2 Å². The van der Waals surface area contributed by atoms with Crippen LogP contribution < -0.4 is 5.73 Å². The molecule has 2 N–H and O–H groups in total. The number of nitrogens with two attached hydrogens (primary N) is 1. The number of hydrogen-bond acceptors (Lipinski definition) is 4. The van der Waals surface area contributed by atoms with Gasteiger partial charge < -0.3 is 15.0 Å². The van der Waals surface area contributed by atoms with Crippen molar-refractivity contribution in [2.45, 2.75) is 31.9 Å². The fourth-order valence-corrected chi connectivity index (χ4v) is 2.68. The zero-order chi connectivity index (χ0) is 13.5. The van der Waals surface area contributed by atoms with Gasteiger partial charge in [-0.3, -0.25) is 0 Å². The molecule has 2 atom stereocenters. The molecule has 2 unspecified atom stereocenters. The molecule has 0 bridgehead atoms. The van der Waals surface area contributed by atoms with Gasteiger partial charge in [-0.25, -0.2) is 9.97 Å². The molecular weight excluding hydrogens is 240 g/mol. The van der Waals surface area contributed by atoms with E-state index in [9.17, 15) is 0 Å². The quantitative estimate of drug-likeness (QED) is 0.895. The maximum absolute atomic E-state index is 5.97. The number of imidazole rings is 1. The molecule has 0 radical (unpaired) electrons.